The molecule has 8 heteroatoms. The molecular weight excluding hydrogens is 689 g/mol. The van der Waals surface area contributed by atoms with Crippen LogP contribution in [0.25, 0.3) is 0 Å². The van der Waals surface area contributed by atoms with Gasteiger partial charge in [0.15, 0.2) is 0 Å². The van der Waals surface area contributed by atoms with Crippen molar-refractivity contribution in [3.05, 3.63) is 71.8 Å². The Morgan fingerprint density at radius 3 is 1.33 bits per heavy atom. The van der Waals surface area contributed by atoms with Gasteiger partial charge in [0, 0.05) is 10.5 Å². The molecule has 10 atom stereocenters. The van der Waals surface area contributed by atoms with E-state index in [0.717, 1.165) is 48.3 Å². The number of esters is 2. The Kier molecular flexibility index (Phi) is 14.7. The highest BCUT2D eigenvalue weighted by Gasteiger charge is 2.46. The average Bonchev–Trinajstić information content (AvgIpc) is 3.12. The van der Waals surface area contributed by atoms with Crippen molar-refractivity contribution in [2.24, 2.45) is 46.3 Å². The second-order valence-corrected chi connectivity index (χ2v) is 20.5. The quantitative estimate of drug-likeness (QED) is 0.207. The van der Waals surface area contributed by atoms with Crippen LogP contribution in [0.1, 0.15) is 104 Å². The van der Waals surface area contributed by atoms with E-state index >= 15 is 0 Å². The van der Waals surface area contributed by atoms with Crippen molar-refractivity contribution < 1.29 is 29.3 Å². The van der Waals surface area contributed by atoms with E-state index in [4.69, 9.17) is 9.47 Å². The zero-order chi connectivity index (χ0) is 37.5. The first-order valence-electron chi connectivity index (χ1n) is 19.7. The van der Waals surface area contributed by atoms with Gasteiger partial charge < -0.3 is 19.7 Å². The van der Waals surface area contributed by atoms with Gasteiger partial charge >= 0.3 is 11.9 Å². The molecule has 5 rings (SSSR count). The maximum Gasteiger partial charge on any atom is 0.311 e. The summed E-state index contributed by atoms with van der Waals surface area (Å²) in [4.78, 5) is 26.9. The van der Waals surface area contributed by atoms with E-state index in [-0.39, 0.29) is 47.8 Å². The molecule has 0 radical (unpaired) electrons. The summed E-state index contributed by atoms with van der Waals surface area (Å²) in [6.07, 6.45) is 6.39. The van der Waals surface area contributed by atoms with Crippen LogP contribution in [-0.4, -0.2) is 56.4 Å². The third-order valence-electron chi connectivity index (χ3n) is 12.2. The van der Waals surface area contributed by atoms with E-state index in [9.17, 15) is 19.8 Å². The molecule has 52 heavy (non-hydrogen) atoms. The number of carbonyl (C=O) groups excluding carboxylic acids is 2. The van der Waals surface area contributed by atoms with Crippen molar-refractivity contribution in [1.29, 1.82) is 0 Å². The highest BCUT2D eigenvalue weighted by molar-refractivity contribution is 8.03. The molecule has 0 amide bonds. The molecule has 0 spiro atoms. The maximum atomic E-state index is 13.4. The normalized spacial score (nSPS) is 31.5. The van der Waals surface area contributed by atoms with Crippen molar-refractivity contribution in [2.75, 3.05) is 11.5 Å². The Hall–Kier alpha value is -2.00. The van der Waals surface area contributed by atoms with Gasteiger partial charge in [-0.3, -0.25) is 9.59 Å². The molecule has 3 aliphatic rings. The second-order valence-electron chi connectivity index (χ2n) is 18.0. The fourth-order valence-electron chi connectivity index (χ4n) is 8.58. The summed E-state index contributed by atoms with van der Waals surface area (Å²) in [6.45, 7) is 13.9. The summed E-state index contributed by atoms with van der Waals surface area (Å²) in [5, 5.41) is 24.2. The molecule has 3 fully saturated rings. The molecule has 3 aliphatic carbocycles. The highest BCUT2D eigenvalue weighted by Crippen LogP contribution is 2.48. The molecular formula is C44H64O6S2. The average molecular weight is 753 g/mol. The minimum Gasteiger partial charge on any atom is -0.461 e. The smallest absolute Gasteiger partial charge is 0.311 e. The third kappa shape index (κ3) is 11.3. The van der Waals surface area contributed by atoms with Gasteiger partial charge in [0.2, 0.25) is 0 Å². The zero-order valence-corrected chi connectivity index (χ0v) is 34.0. The Morgan fingerprint density at radius 1 is 0.615 bits per heavy atom. The fraction of sp³-hybridized carbons (Fsp3) is 0.682. The van der Waals surface area contributed by atoms with Crippen LogP contribution < -0.4 is 0 Å². The second kappa shape index (κ2) is 18.6. The number of hydrogen-bond donors (Lipinski definition) is 2. The van der Waals surface area contributed by atoms with Crippen LogP contribution in [0.2, 0.25) is 0 Å². The minimum atomic E-state index is -0.714. The summed E-state index contributed by atoms with van der Waals surface area (Å²) in [5.41, 5.74) is 1.97. The number of aliphatic hydroxyl groups excluding tert-OH is 2. The number of carbonyl (C=O) groups is 2. The topological polar surface area (TPSA) is 93.1 Å². The number of thioether (sulfide) groups is 2. The van der Waals surface area contributed by atoms with Crippen LogP contribution in [0.4, 0.5) is 0 Å². The molecule has 288 valence electrons. The lowest BCUT2D eigenvalue weighted by molar-refractivity contribution is -0.161. The summed E-state index contributed by atoms with van der Waals surface area (Å²) in [5.74, 6) is 0.754. The van der Waals surface area contributed by atoms with E-state index in [0.29, 0.717) is 35.2 Å². The van der Waals surface area contributed by atoms with Crippen molar-refractivity contribution in [1.82, 2.24) is 0 Å². The predicted octanol–water partition coefficient (Wildman–Crippen LogP) is 9.35. The molecule has 2 aromatic carbocycles. The van der Waals surface area contributed by atoms with Gasteiger partial charge in [-0.25, -0.2) is 0 Å². The van der Waals surface area contributed by atoms with Gasteiger partial charge in [0.05, 0.1) is 24.0 Å². The molecule has 0 aliphatic heterocycles. The molecule has 2 aromatic rings. The largest absolute Gasteiger partial charge is 0.461 e. The van der Waals surface area contributed by atoms with Crippen molar-refractivity contribution in [3.63, 3.8) is 0 Å². The van der Waals surface area contributed by atoms with Gasteiger partial charge in [-0.15, -0.1) is 0 Å². The summed E-state index contributed by atoms with van der Waals surface area (Å²) < 4.78 is 11.6. The van der Waals surface area contributed by atoms with E-state index in [1.54, 1.807) is 0 Å². The standard InChI is InChI=1S/C44H64O6S2/c1-43(2,3)33-21-31(39(45)35(23-33)41(47)49-25-29-15-9-7-10-16-29)27-51-37-19-13-14-20-38(37)52-28-32-22-34(44(4,5)6)24-36(40(32)46)42(48)50-26-30-17-11-8-12-18-30/h7-12,15-18,31-40,45-46H,13-14,19-28H2,1-6H3. The maximum absolute atomic E-state index is 13.4. The minimum absolute atomic E-state index is 0.0280. The van der Waals surface area contributed by atoms with Gasteiger partial charge in [-0.1, -0.05) is 115 Å². The molecule has 10 unspecified atom stereocenters. The fourth-order valence-corrected chi connectivity index (χ4v) is 12.1. The Morgan fingerprint density at radius 2 is 0.981 bits per heavy atom. The molecule has 0 saturated heterocycles. The number of hydrogen-bond acceptors (Lipinski definition) is 8. The molecule has 0 heterocycles. The lowest BCUT2D eigenvalue weighted by Gasteiger charge is -2.44. The first-order valence-corrected chi connectivity index (χ1v) is 21.8. The zero-order valence-electron chi connectivity index (χ0n) is 32.4. The Bertz CT molecular complexity index is 1300. The molecule has 3 saturated carbocycles. The molecule has 0 aromatic heterocycles. The number of aliphatic hydroxyl groups is 2. The van der Waals surface area contributed by atoms with E-state index in [1.807, 2.05) is 84.2 Å². The Balaban J connectivity index is 1.20. The van der Waals surface area contributed by atoms with E-state index < -0.39 is 24.0 Å². The SMILES string of the molecule is CC(C)(C)C1CC(CSC2CCCCC2SCC2CC(C(C)(C)C)CC(C(=O)OCc3ccccc3)C2O)C(O)C(C(=O)OCc2ccccc2)C1. The number of rotatable bonds is 12. The van der Waals surface area contributed by atoms with Crippen LogP contribution >= 0.6 is 23.5 Å². The van der Waals surface area contributed by atoms with Crippen LogP contribution in [0.3, 0.4) is 0 Å². The molecule has 0 bridgehead atoms. The first-order chi connectivity index (χ1) is 24.7. The van der Waals surface area contributed by atoms with Crippen molar-refractivity contribution in [2.45, 2.75) is 129 Å². The van der Waals surface area contributed by atoms with E-state index in [2.05, 4.69) is 41.5 Å². The predicted molar refractivity (Wildman–Crippen MR) is 214 cm³/mol. The summed E-state index contributed by atoms with van der Waals surface area (Å²) in [6, 6.07) is 19.5. The lowest BCUT2D eigenvalue weighted by atomic mass is 9.65. The molecule has 2 N–H and O–H groups in total. The monoisotopic (exact) mass is 752 g/mol. The number of benzene rings is 2. The van der Waals surface area contributed by atoms with Gasteiger partial charge in [0.1, 0.15) is 13.2 Å². The van der Waals surface area contributed by atoms with Crippen LogP contribution in [0.5, 0.6) is 0 Å². The van der Waals surface area contributed by atoms with Gasteiger partial charge in [-0.2, -0.15) is 23.5 Å². The summed E-state index contributed by atoms with van der Waals surface area (Å²) in [7, 11) is 0. The van der Waals surface area contributed by atoms with Crippen molar-refractivity contribution in [3.8, 4) is 0 Å². The van der Waals surface area contributed by atoms with Crippen molar-refractivity contribution >= 4 is 35.5 Å². The van der Waals surface area contributed by atoms with Gasteiger partial charge in [0.25, 0.3) is 0 Å². The van der Waals surface area contributed by atoms with Gasteiger partial charge in [-0.05, 0) is 95.7 Å². The first kappa shape index (κ1) is 41.2. The van der Waals surface area contributed by atoms with Crippen LogP contribution in [0, 0.1) is 46.3 Å². The third-order valence-corrected chi connectivity index (χ3v) is 15.6. The van der Waals surface area contributed by atoms with Crippen LogP contribution in [0.15, 0.2) is 60.7 Å². The molecule has 6 nitrogen and oxygen atoms in total. The highest BCUT2D eigenvalue weighted by atomic mass is 32.2. The summed E-state index contributed by atoms with van der Waals surface area (Å²) >= 11 is 3.97. The number of ether oxygens (including phenoxy) is 2. The Labute approximate surface area is 322 Å². The van der Waals surface area contributed by atoms with E-state index in [1.165, 1.54) is 12.8 Å². The lowest BCUT2D eigenvalue weighted by Crippen LogP contribution is -2.46. The van der Waals surface area contributed by atoms with Crippen LogP contribution in [-0.2, 0) is 32.3 Å².